The number of aliphatic hydroxyl groups is 2. The molecule has 0 bridgehead atoms. The van der Waals surface area contributed by atoms with Crippen molar-refractivity contribution in [2.45, 2.75) is 32.1 Å². The molecule has 0 saturated carbocycles. The van der Waals surface area contributed by atoms with Crippen molar-refractivity contribution in [3.8, 4) is 0 Å². The van der Waals surface area contributed by atoms with Gasteiger partial charge in [0.05, 0.1) is 31.2 Å². The molecule has 2 aliphatic heterocycles. The lowest BCUT2D eigenvalue weighted by atomic mass is 9.81. The Hall–Kier alpha value is -2.26. The van der Waals surface area contributed by atoms with Gasteiger partial charge >= 0.3 is 5.97 Å². The van der Waals surface area contributed by atoms with Gasteiger partial charge in [-0.1, -0.05) is 51.9 Å². The van der Waals surface area contributed by atoms with Crippen molar-refractivity contribution in [1.29, 1.82) is 0 Å². The molecule has 0 aromatic heterocycles. The van der Waals surface area contributed by atoms with Crippen molar-refractivity contribution >= 4 is 50.7 Å². The fraction of sp³-hybridized carbons (Fsp3) is 0.467. The van der Waals surface area contributed by atoms with Gasteiger partial charge in [0.1, 0.15) is 0 Å². The molecule has 38 heavy (non-hydrogen) atoms. The van der Waals surface area contributed by atoms with E-state index in [9.17, 15) is 15.0 Å². The first kappa shape index (κ1) is 28.7. The van der Waals surface area contributed by atoms with Gasteiger partial charge in [0, 0.05) is 54.4 Å². The first-order chi connectivity index (χ1) is 18.5. The van der Waals surface area contributed by atoms with E-state index in [1.807, 2.05) is 27.8 Å². The van der Waals surface area contributed by atoms with Crippen LogP contribution in [0.5, 0.6) is 0 Å². The SMILES string of the molecule is CC1(C)C(/C=C/c2ccc(N(CCO)CCO)cc2)=[N+](CCCOC(=O)C2CCSSC2)c2ccccc21. The number of carbonyl (C=O) groups is 1. The number of rotatable bonds is 12. The molecule has 4 rings (SSSR count). The summed E-state index contributed by atoms with van der Waals surface area (Å²) < 4.78 is 8.03. The molecule has 0 amide bonds. The predicted molar refractivity (Wildman–Crippen MR) is 160 cm³/mol. The lowest BCUT2D eigenvalue weighted by Gasteiger charge is -2.22. The molecule has 2 aliphatic rings. The van der Waals surface area contributed by atoms with Gasteiger partial charge < -0.3 is 19.8 Å². The first-order valence-corrected chi connectivity index (χ1v) is 15.8. The molecule has 1 atom stereocenters. The summed E-state index contributed by atoms with van der Waals surface area (Å²) in [4.78, 5) is 14.4. The third-order valence-electron chi connectivity index (χ3n) is 7.24. The van der Waals surface area contributed by atoms with Crippen molar-refractivity contribution in [3.63, 3.8) is 0 Å². The Bertz CT molecular complexity index is 1140. The van der Waals surface area contributed by atoms with E-state index in [0.717, 1.165) is 42.1 Å². The minimum absolute atomic E-state index is 0.0310. The van der Waals surface area contributed by atoms with E-state index in [2.05, 4.69) is 67.0 Å². The summed E-state index contributed by atoms with van der Waals surface area (Å²) >= 11 is 0. The first-order valence-electron chi connectivity index (χ1n) is 13.4. The summed E-state index contributed by atoms with van der Waals surface area (Å²) in [6, 6.07) is 16.7. The lowest BCUT2D eigenvalue weighted by Crippen LogP contribution is -2.29. The number of aliphatic hydroxyl groups excluding tert-OH is 2. The number of fused-ring (bicyclic) bond motifs is 1. The van der Waals surface area contributed by atoms with Gasteiger partial charge in [-0.05, 0) is 44.0 Å². The third kappa shape index (κ3) is 6.84. The maximum Gasteiger partial charge on any atom is 0.309 e. The minimum atomic E-state index is -0.153. The highest BCUT2D eigenvalue weighted by atomic mass is 33.1. The van der Waals surface area contributed by atoms with Gasteiger partial charge in [-0.15, -0.1) is 0 Å². The molecule has 0 spiro atoms. The number of nitrogens with zero attached hydrogens (tertiary/aromatic N) is 2. The van der Waals surface area contributed by atoms with E-state index in [1.54, 1.807) is 10.8 Å². The van der Waals surface area contributed by atoms with E-state index in [0.29, 0.717) is 19.7 Å². The standard InChI is InChI=1S/C30H39N2O4S2/c1-30(2)26-6-3-4-7-27(26)32(15-5-20-36-29(35)24-14-21-37-38-22-24)28(30)13-10-23-8-11-25(12-9-23)31(16-18-33)17-19-34/h3-4,6-13,24,33-34H,5,14-22H2,1-2H3/q+1. The normalized spacial score (nSPS) is 18.6. The molecule has 2 N–H and O–H groups in total. The summed E-state index contributed by atoms with van der Waals surface area (Å²) in [5, 5.41) is 18.7. The number of para-hydroxylation sites is 1. The van der Waals surface area contributed by atoms with E-state index >= 15 is 0 Å². The van der Waals surface area contributed by atoms with Crippen molar-refractivity contribution in [2.75, 3.05) is 55.9 Å². The number of anilines is 1. The van der Waals surface area contributed by atoms with Crippen LogP contribution in [0.3, 0.4) is 0 Å². The Kier molecular flexibility index (Phi) is 10.4. The molecule has 2 aromatic carbocycles. The molecule has 6 nitrogen and oxygen atoms in total. The van der Waals surface area contributed by atoms with Crippen LogP contribution in [0.1, 0.15) is 37.8 Å². The van der Waals surface area contributed by atoms with Crippen LogP contribution < -0.4 is 4.90 Å². The van der Waals surface area contributed by atoms with E-state index in [1.165, 1.54) is 17.0 Å². The minimum Gasteiger partial charge on any atom is -0.465 e. The zero-order valence-corrected chi connectivity index (χ0v) is 24.0. The highest BCUT2D eigenvalue weighted by molar-refractivity contribution is 8.76. The van der Waals surface area contributed by atoms with Gasteiger partial charge in [0.2, 0.25) is 5.69 Å². The second-order valence-electron chi connectivity index (χ2n) is 10.2. The van der Waals surface area contributed by atoms with Crippen molar-refractivity contribution in [3.05, 3.63) is 65.7 Å². The van der Waals surface area contributed by atoms with Gasteiger partial charge in [0.25, 0.3) is 0 Å². The third-order valence-corrected chi connectivity index (χ3v) is 9.75. The Morgan fingerprint density at radius 3 is 2.50 bits per heavy atom. The summed E-state index contributed by atoms with van der Waals surface area (Å²) in [5.41, 5.74) is 5.64. The molecule has 8 heteroatoms. The molecule has 204 valence electrons. The smallest absolute Gasteiger partial charge is 0.309 e. The highest BCUT2D eigenvalue weighted by Gasteiger charge is 2.43. The Morgan fingerprint density at radius 2 is 1.82 bits per heavy atom. The van der Waals surface area contributed by atoms with E-state index in [-0.39, 0.29) is 30.5 Å². The Labute approximate surface area is 234 Å². The number of allylic oxidation sites excluding steroid dienone is 1. The van der Waals surface area contributed by atoms with Crippen molar-refractivity contribution in [1.82, 2.24) is 0 Å². The molecule has 2 heterocycles. The quantitative estimate of drug-likeness (QED) is 0.167. The number of carbonyl (C=O) groups excluding carboxylic acids is 1. The topological polar surface area (TPSA) is 73.0 Å². The molecule has 1 saturated heterocycles. The van der Waals surface area contributed by atoms with Crippen LogP contribution in [0.15, 0.2) is 54.6 Å². The number of ether oxygens (including phenoxy) is 1. The van der Waals surface area contributed by atoms with Crippen LogP contribution in [0.4, 0.5) is 11.4 Å². The number of esters is 1. The van der Waals surface area contributed by atoms with E-state index in [4.69, 9.17) is 4.74 Å². The van der Waals surface area contributed by atoms with Gasteiger partial charge in [0.15, 0.2) is 12.3 Å². The summed E-state index contributed by atoms with van der Waals surface area (Å²) in [7, 11) is 3.60. The Morgan fingerprint density at radius 1 is 1.08 bits per heavy atom. The summed E-state index contributed by atoms with van der Waals surface area (Å²) in [5.74, 6) is 1.84. The molecule has 1 fully saturated rings. The maximum absolute atomic E-state index is 12.5. The van der Waals surface area contributed by atoms with Gasteiger partial charge in [-0.3, -0.25) is 4.79 Å². The fourth-order valence-corrected chi connectivity index (χ4v) is 7.61. The molecule has 1 unspecified atom stereocenters. The number of hydrogen-bond donors (Lipinski definition) is 2. The average molecular weight is 556 g/mol. The highest BCUT2D eigenvalue weighted by Crippen LogP contribution is 2.40. The van der Waals surface area contributed by atoms with Gasteiger partial charge in [-0.25, -0.2) is 0 Å². The summed E-state index contributed by atoms with van der Waals surface area (Å²) in [6.45, 7) is 6.80. The second-order valence-corrected chi connectivity index (χ2v) is 12.8. The zero-order chi connectivity index (χ0) is 27.0. The van der Waals surface area contributed by atoms with Crippen LogP contribution >= 0.6 is 21.6 Å². The molecule has 0 radical (unpaired) electrons. The van der Waals surface area contributed by atoms with Crippen LogP contribution in [-0.4, -0.2) is 77.4 Å². The molecule has 0 aliphatic carbocycles. The number of hydrogen-bond acceptors (Lipinski definition) is 7. The number of benzene rings is 2. The summed E-state index contributed by atoms with van der Waals surface area (Å²) in [6.07, 6.45) is 6.02. The van der Waals surface area contributed by atoms with Crippen LogP contribution in [0.2, 0.25) is 0 Å². The monoisotopic (exact) mass is 555 g/mol. The van der Waals surface area contributed by atoms with Crippen LogP contribution in [0.25, 0.3) is 6.08 Å². The molecular weight excluding hydrogens is 516 g/mol. The van der Waals surface area contributed by atoms with Crippen molar-refractivity contribution < 1.29 is 24.3 Å². The van der Waals surface area contributed by atoms with Crippen LogP contribution in [-0.2, 0) is 14.9 Å². The molecule has 2 aromatic rings. The van der Waals surface area contributed by atoms with E-state index < -0.39 is 0 Å². The van der Waals surface area contributed by atoms with Gasteiger partial charge in [-0.2, -0.15) is 4.58 Å². The van der Waals surface area contributed by atoms with Crippen molar-refractivity contribution in [2.24, 2.45) is 5.92 Å². The van der Waals surface area contributed by atoms with Crippen LogP contribution in [0, 0.1) is 5.92 Å². The Balaban J connectivity index is 1.48. The zero-order valence-electron chi connectivity index (χ0n) is 22.3. The predicted octanol–water partition coefficient (Wildman–Crippen LogP) is 4.90. The fourth-order valence-electron chi connectivity index (χ4n) is 5.13. The average Bonchev–Trinajstić information content (AvgIpc) is 3.16. The molecular formula is C30H39N2O4S2+. The largest absolute Gasteiger partial charge is 0.465 e. The second kappa shape index (κ2) is 13.7. The maximum atomic E-state index is 12.5. The lowest BCUT2D eigenvalue weighted by molar-refractivity contribution is -0.438.